The van der Waals surface area contributed by atoms with Crippen LogP contribution in [0.5, 0.6) is 0 Å². The predicted molar refractivity (Wildman–Crippen MR) is 104 cm³/mol. The van der Waals surface area contributed by atoms with Crippen LogP contribution in [-0.2, 0) is 5.54 Å². The lowest BCUT2D eigenvalue weighted by atomic mass is 9.83. The van der Waals surface area contributed by atoms with Crippen LogP contribution in [0.4, 0.5) is 0 Å². The van der Waals surface area contributed by atoms with E-state index in [0.29, 0.717) is 0 Å². The summed E-state index contributed by atoms with van der Waals surface area (Å²) in [5.74, 6) is 0.806. The van der Waals surface area contributed by atoms with Crippen molar-refractivity contribution in [1.82, 2.24) is 10.2 Å². The van der Waals surface area contributed by atoms with Gasteiger partial charge in [-0.2, -0.15) is 0 Å². The summed E-state index contributed by atoms with van der Waals surface area (Å²) in [6.45, 7) is 6.45. The zero-order valence-electron chi connectivity index (χ0n) is 14.6. The van der Waals surface area contributed by atoms with Crippen LogP contribution in [0.15, 0.2) is 65.7 Å². The molecular formula is C20H23N3S. The number of nitrogens with zero attached hydrogens (tertiary/aromatic N) is 2. The van der Waals surface area contributed by atoms with Crippen LogP contribution in [0, 0.1) is 0 Å². The van der Waals surface area contributed by atoms with E-state index in [1.54, 1.807) is 7.05 Å². The molecule has 1 aliphatic heterocycles. The molecule has 124 valence electrons. The summed E-state index contributed by atoms with van der Waals surface area (Å²) in [6.07, 6.45) is 0. The van der Waals surface area contributed by atoms with E-state index in [0.717, 1.165) is 22.1 Å². The number of benzene rings is 2. The largest absolute Gasteiger partial charge is 0.336 e. The summed E-state index contributed by atoms with van der Waals surface area (Å²) < 4.78 is 0. The smallest absolute Gasteiger partial charge is 0.200 e. The molecule has 1 aliphatic rings. The van der Waals surface area contributed by atoms with Gasteiger partial charge in [-0.3, -0.25) is 9.89 Å². The average molecular weight is 337 g/mol. The maximum absolute atomic E-state index is 6.01. The van der Waals surface area contributed by atoms with Crippen LogP contribution >= 0.6 is 12.2 Å². The lowest BCUT2D eigenvalue weighted by Crippen LogP contribution is -2.48. The Hall–Kier alpha value is -2.20. The molecule has 24 heavy (non-hydrogen) atoms. The van der Waals surface area contributed by atoms with Gasteiger partial charge in [-0.05, 0) is 31.9 Å². The van der Waals surface area contributed by atoms with E-state index in [1.807, 2.05) is 36.4 Å². The van der Waals surface area contributed by atoms with Crippen molar-refractivity contribution in [1.29, 1.82) is 0 Å². The zero-order valence-corrected chi connectivity index (χ0v) is 15.4. The molecule has 0 saturated carbocycles. The van der Waals surface area contributed by atoms with E-state index in [2.05, 4.69) is 60.2 Å². The molecule has 0 unspecified atom stereocenters. The first-order chi connectivity index (χ1) is 11.4. The third kappa shape index (κ3) is 2.51. The summed E-state index contributed by atoms with van der Waals surface area (Å²) in [7, 11) is 1.80. The van der Waals surface area contributed by atoms with Crippen molar-refractivity contribution in [3.63, 3.8) is 0 Å². The number of hydrogen-bond donors (Lipinski definition) is 1. The van der Waals surface area contributed by atoms with E-state index in [1.165, 1.54) is 0 Å². The van der Waals surface area contributed by atoms with E-state index < -0.39 is 5.54 Å². The highest BCUT2D eigenvalue weighted by atomic mass is 32.1. The molecule has 1 saturated heterocycles. The molecule has 1 fully saturated rings. The van der Waals surface area contributed by atoms with Gasteiger partial charge in [-0.1, -0.05) is 72.9 Å². The quantitative estimate of drug-likeness (QED) is 0.841. The Balaban J connectivity index is 2.27. The van der Waals surface area contributed by atoms with Crippen molar-refractivity contribution in [2.45, 2.75) is 31.8 Å². The average Bonchev–Trinajstić information content (AvgIpc) is 2.90. The van der Waals surface area contributed by atoms with Gasteiger partial charge in [0.2, 0.25) is 5.96 Å². The van der Waals surface area contributed by atoms with Gasteiger partial charge < -0.3 is 5.32 Å². The minimum absolute atomic E-state index is 0.162. The number of aliphatic imine (C=N–C) groups is 1. The molecule has 0 aromatic heterocycles. The predicted octanol–water partition coefficient (Wildman–Crippen LogP) is 3.95. The van der Waals surface area contributed by atoms with E-state index in [-0.39, 0.29) is 5.54 Å². The van der Waals surface area contributed by atoms with Crippen LogP contribution < -0.4 is 5.32 Å². The monoisotopic (exact) mass is 337 g/mol. The fraction of sp³-hybridized carbons (Fsp3) is 0.300. The molecule has 3 rings (SSSR count). The first kappa shape index (κ1) is 16.7. The van der Waals surface area contributed by atoms with Gasteiger partial charge in [-0.25, -0.2) is 0 Å². The van der Waals surface area contributed by atoms with E-state index >= 15 is 0 Å². The second-order valence-electron chi connectivity index (χ2n) is 6.97. The number of hydrogen-bond acceptors (Lipinski definition) is 2. The lowest BCUT2D eigenvalue weighted by Gasteiger charge is -2.35. The molecule has 4 heteroatoms. The van der Waals surface area contributed by atoms with Gasteiger partial charge in [0.1, 0.15) is 10.5 Å². The summed E-state index contributed by atoms with van der Waals surface area (Å²) in [5.41, 5.74) is 1.49. The number of thiocarbonyl (C=S) groups is 1. The Morgan fingerprint density at radius 1 is 0.917 bits per heavy atom. The minimum atomic E-state index is -0.583. The second kappa shape index (κ2) is 6.02. The molecule has 3 nitrogen and oxygen atoms in total. The first-order valence-corrected chi connectivity index (χ1v) is 8.53. The maximum Gasteiger partial charge on any atom is 0.200 e. The molecule has 0 aliphatic carbocycles. The molecule has 0 radical (unpaired) electrons. The molecule has 2 aromatic carbocycles. The van der Waals surface area contributed by atoms with Gasteiger partial charge in [0.05, 0.1) is 0 Å². The lowest BCUT2D eigenvalue weighted by molar-refractivity contribution is 0.347. The van der Waals surface area contributed by atoms with E-state index in [9.17, 15) is 0 Å². The standard InChI is InChI=1S/C20H23N3S/c1-19(2,3)23-17(24)20(22-18(23)21-4,15-11-7-5-8-12-15)16-13-9-6-10-14-16/h5-14H,1-4H3,(H,21,22). The third-order valence-electron chi connectivity index (χ3n) is 4.33. The highest BCUT2D eigenvalue weighted by Gasteiger charge is 2.51. The van der Waals surface area contributed by atoms with Crippen molar-refractivity contribution >= 4 is 23.2 Å². The van der Waals surface area contributed by atoms with E-state index in [4.69, 9.17) is 12.2 Å². The molecular weight excluding hydrogens is 314 g/mol. The van der Waals surface area contributed by atoms with Crippen molar-refractivity contribution in [2.24, 2.45) is 4.99 Å². The summed E-state index contributed by atoms with van der Waals surface area (Å²) in [4.78, 5) is 7.43. The number of guanidine groups is 1. The van der Waals surface area contributed by atoms with Crippen LogP contribution in [0.25, 0.3) is 0 Å². The molecule has 0 atom stereocenters. The SMILES string of the molecule is CN=C1NC(c2ccccc2)(c2ccccc2)C(=S)N1C(C)(C)C. The zero-order chi connectivity index (χ0) is 17.4. The minimum Gasteiger partial charge on any atom is -0.336 e. The summed E-state index contributed by atoms with van der Waals surface area (Å²) in [5, 5.41) is 3.63. The normalized spacial score (nSPS) is 18.8. The van der Waals surface area contributed by atoms with Crippen molar-refractivity contribution < 1.29 is 0 Å². The topological polar surface area (TPSA) is 27.6 Å². The number of rotatable bonds is 2. The molecule has 0 spiro atoms. The van der Waals surface area contributed by atoms with Gasteiger partial charge in [-0.15, -0.1) is 0 Å². The Morgan fingerprint density at radius 2 is 1.38 bits per heavy atom. The highest BCUT2D eigenvalue weighted by molar-refractivity contribution is 7.80. The molecule has 1 N–H and O–H groups in total. The molecule has 2 aromatic rings. The van der Waals surface area contributed by atoms with Crippen LogP contribution in [0.2, 0.25) is 0 Å². The van der Waals surface area contributed by atoms with Crippen molar-refractivity contribution in [2.75, 3.05) is 7.05 Å². The second-order valence-corrected chi connectivity index (χ2v) is 7.35. The summed E-state index contributed by atoms with van der Waals surface area (Å²) in [6, 6.07) is 20.7. The molecule has 1 heterocycles. The van der Waals surface area contributed by atoms with Gasteiger partial charge in [0.25, 0.3) is 0 Å². The van der Waals surface area contributed by atoms with Crippen molar-refractivity contribution in [3.05, 3.63) is 71.8 Å². The Bertz CT molecular complexity index is 721. The van der Waals surface area contributed by atoms with Crippen LogP contribution in [-0.4, -0.2) is 28.4 Å². The van der Waals surface area contributed by atoms with Crippen LogP contribution in [0.3, 0.4) is 0 Å². The molecule has 0 bridgehead atoms. The number of nitrogens with one attached hydrogen (secondary N) is 1. The third-order valence-corrected chi connectivity index (χ3v) is 4.82. The highest BCUT2D eigenvalue weighted by Crippen LogP contribution is 2.39. The first-order valence-electron chi connectivity index (χ1n) is 8.12. The van der Waals surface area contributed by atoms with Gasteiger partial charge in [0.15, 0.2) is 0 Å². The molecule has 0 amide bonds. The van der Waals surface area contributed by atoms with Crippen molar-refractivity contribution in [3.8, 4) is 0 Å². The Labute approximate surface area is 149 Å². The maximum atomic E-state index is 6.01. The van der Waals surface area contributed by atoms with Gasteiger partial charge in [0, 0.05) is 12.6 Å². The Kier molecular flexibility index (Phi) is 4.18. The fourth-order valence-electron chi connectivity index (χ4n) is 3.25. The van der Waals surface area contributed by atoms with Crippen LogP contribution in [0.1, 0.15) is 31.9 Å². The fourth-order valence-corrected chi connectivity index (χ4v) is 3.90. The summed E-state index contributed by atoms with van der Waals surface area (Å²) >= 11 is 6.01. The van der Waals surface area contributed by atoms with Gasteiger partial charge >= 0.3 is 0 Å². The Morgan fingerprint density at radius 3 is 1.71 bits per heavy atom.